The molecule has 0 bridgehead atoms. The Kier molecular flexibility index (Phi) is 5.02. The van der Waals surface area contributed by atoms with Crippen molar-refractivity contribution in [1.82, 2.24) is 4.90 Å². The first kappa shape index (κ1) is 16.3. The number of hydrogen-bond acceptors (Lipinski definition) is 2. The van der Waals surface area contributed by atoms with Gasteiger partial charge in [0.2, 0.25) is 0 Å². The summed E-state index contributed by atoms with van der Waals surface area (Å²) in [7, 11) is 0. The Bertz CT molecular complexity index is 826. The number of furan rings is 1. The van der Waals surface area contributed by atoms with Crippen LogP contribution in [0.15, 0.2) is 71.1 Å². The molecule has 0 aliphatic heterocycles. The van der Waals surface area contributed by atoms with Crippen LogP contribution in [0.4, 0.5) is 0 Å². The van der Waals surface area contributed by atoms with Gasteiger partial charge in [-0.15, -0.1) is 0 Å². The number of amides is 1. The molecule has 0 atom stereocenters. The number of hydrogen-bond donors (Lipinski definition) is 0. The highest BCUT2D eigenvalue weighted by molar-refractivity contribution is 6.33. The SMILES string of the molecule is Cc1ccc(CN(Cc2ccccc2)C(=O)c2ccccc2Cl)o1. The Balaban J connectivity index is 1.88. The van der Waals surface area contributed by atoms with E-state index in [9.17, 15) is 4.79 Å². The Morgan fingerprint density at radius 3 is 2.33 bits per heavy atom. The van der Waals surface area contributed by atoms with Crippen molar-refractivity contribution >= 4 is 17.5 Å². The molecule has 0 unspecified atom stereocenters. The summed E-state index contributed by atoms with van der Waals surface area (Å²) >= 11 is 6.20. The van der Waals surface area contributed by atoms with E-state index in [1.807, 2.05) is 61.5 Å². The lowest BCUT2D eigenvalue weighted by Crippen LogP contribution is -2.30. The number of carbonyl (C=O) groups excluding carboxylic acids is 1. The van der Waals surface area contributed by atoms with Gasteiger partial charge < -0.3 is 9.32 Å². The zero-order valence-electron chi connectivity index (χ0n) is 13.4. The van der Waals surface area contributed by atoms with Gasteiger partial charge in [-0.05, 0) is 36.8 Å². The summed E-state index contributed by atoms with van der Waals surface area (Å²) in [5.74, 6) is 1.47. The molecule has 3 nitrogen and oxygen atoms in total. The third kappa shape index (κ3) is 3.87. The minimum Gasteiger partial charge on any atom is -0.464 e. The minimum atomic E-state index is -0.112. The van der Waals surface area contributed by atoms with Gasteiger partial charge >= 0.3 is 0 Å². The van der Waals surface area contributed by atoms with Crippen LogP contribution in [0.5, 0.6) is 0 Å². The fourth-order valence-electron chi connectivity index (χ4n) is 2.57. The van der Waals surface area contributed by atoms with E-state index in [2.05, 4.69) is 0 Å². The van der Waals surface area contributed by atoms with Crippen molar-refractivity contribution in [3.05, 3.63) is 94.4 Å². The molecule has 24 heavy (non-hydrogen) atoms. The summed E-state index contributed by atoms with van der Waals surface area (Å²) in [4.78, 5) is 14.7. The van der Waals surface area contributed by atoms with E-state index in [-0.39, 0.29) is 5.91 Å². The molecule has 0 fully saturated rings. The largest absolute Gasteiger partial charge is 0.464 e. The van der Waals surface area contributed by atoms with E-state index in [1.165, 1.54) is 0 Å². The van der Waals surface area contributed by atoms with Crippen LogP contribution in [0.1, 0.15) is 27.4 Å². The highest BCUT2D eigenvalue weighted by atomic mass is 35.5. The molecule has 122 valence electrons. The van der Waals surface area contributed by atoms with Gasteiger partial charge in [0.25, 0.3) is 5.91 Å². The van der Waals surface area contributed by atoms with Gasteiger partial charge in [0.1, 0.15) is 11.5 Å². The molecule has 3 aromatic rings. The van der Waals surface area contributed by atoms with Gasteiger partial charge in [-0.2, -0.15) is 0 Å². The van der Waals surface area contributed by atoms with Crippen molar-refractivity contribution in [2.24, 2.45) is 0 Å². The number of nitrogens with zero attached hydrogens (tertiary/aromatic N) is 1. The van der Waals surface area contributed by atoms with E-state index < -0.39 is 0 Å². The molecular formula is C20H18ClNO2. The quantitative estimate of drug-likeness (QED) is 0.649. The van der Waals surface area contributed by atoms with Gasteiger partial charge in [-0.3, -0.25) is 4.79 Å². The Morgan fingerprint density at radius 2 is 1.67 bits per heavy atom. The van der Waals surface area contributed by atoms with Gasteiger partial charge in [0.15, 0.2) is 0 Å². The zero-order valence-corrected chi connectivity index (χ0v) is 14.2. The number of carbonyl (C=O) groups is 1. The molecule has 4 heteroatoms. The van der Waals surface area contributed by atoms with Crippen LogP contribution >= 0.6 is 11.6 Å². The summed E-state index contributed by atoms with van der Waals surface area (Å²) in [6.07, 6.45) is 0. The maximum atomic E-state index is 13.0. The number of rotatable bonds is 5. The molecule has 1 heterocycles. The van der Waals surface area contributed by atoms with Crippen LogP contribution in [0, 0.1) is 6.92 Å². The Labute approximate surface area is 146 Å². The molecule has 3 rings (SSSR count). The summed E-state index contributed by atoms with van der Waals surface area (Å²) < 4.78 is 5.64. The smallest absolute Gasteiger partial charge is 0.256 e. The third-order valence-corrected chi connectivity index (χ3v) is 4.08. The summed E-state index contributed by atoms with van der Waals surface area (Å²) in [6, 6.07) is 20.8. The molecule has 1 amide bonds. The lowest BCUT2D eigenvalue weighted by atomic mass is 10.1. The summed E-state index contributed by atoms with van der Waals surface area (Å²) in [6.45, 7) is 2.78. The molecule has 0 spiro atoms. The Hall–Kier alpha value is -2.52. The minimum absolute atomic E-state index is 0.112. The van der Waals surface area contributed by atoms with E-state index in [0.29, 0.717) is 23.7 Å². The Morgan fingerprint density at radius 1 is 0.958 bits per heavy atom. The monoisotopic (exact) mass is 339 g/mol. The summed E-state index contributed by atoms with van der Waals surface area (Å²) in [5.41, 5.74) is 1.56. The van der Waals surface area contributed by atoms with Crippen LogP contribution < -0.4 is 0 Å². The predicted octanol–water partition coefficient (Wildman–Crippen LogP) is 5.08. The second-order valence-corrected chi connectivity index (χ2v) is 6.05. The standard InChI is InChI=1S/C20H18ClNO2/c1-15-11-12-17(24-15)14-22(13-16-7-3-2-4-8-16)20(23)18-9-5-6-10-19(18)21/h2-12H,13-14H2,1H3. The summed E-state index contributed by atoms with van der Waals surface area (Å²) in [5, 5.41) is 0.455. The second kappa shape index (κ2) is 7.37. The van der Waals surface area contributed by atoms with Crippen molar-refractivity contribution in [3.63, 3.8) is 0 Å². The fourth-order valence-corrected chi connectivity index (χ4v) is 2.78. The van der Waals surface area contributed by atoms with Crippen LogP contribution in [-0.2, 0) is 13.1 Å². The highest BCUT2D eigenvalue weighted by Crippen LogP contribution is 2.20. The van der Waals surface area contributed by atoms with Gasteiger partial charge in [-0.1, -0.05) is 54.1 Å². The first-order valence-corrected chi connectivity index (χ1v) is 8.14. The van der Waals surface area contributed by atoms with Crippen molar-refractivity contribution in [2.45, 2.75) is 20.0 Å². The zero-order chi connectivity index (χ0) is 16.9. The predicted molar refractivity (Wildman–Crippen MR) is 94.9 cm³/mol. The van der Waals surface area contributed by atoms with E-state index in [0.717, 1.165) is 17.1 Å². The van der Waals surface area contributed by atoms with Crippen molar-refractivity contribution in [3.8, 4) is 0 Å². The van der Waals surface area contributed by atoms with Crippen LogP contribution in [0.3, 0.4) is 0 Å². The van der Waals surface area contributed by atoms with Gasteiger partial charge in [-0.25, -0.2) is 0 Å². The average Bonchev–Trinajstić information content (AvgIpc) is 3.00. The van der Waals surface area contributed by atoms with E-state index >= 15 is 0 Å². The fraction of sp³-hybridized carbons (Fsp3) is 0.150. The molecule has 0 saturated heterocycles. The first-order chi connectivity index (χ1) is 11.6. The third-order valence-electron chi connectivity index (χ3n) is 3.75. The molecule has 2 aromatic carbocycles. The molecule has 0 saturated carbocycles. The normalized spacial score (nSPS) is 10.6. The topological polar surface area (TPSA) is 33.5 Å². The lowest BCUT2D eigenvalue weighted by Gasteiger charge is -2.22. The molecule has 0 N–H and O–H groups in total. The van der Waals surface area contributed by atoms with Gasteiger partial charge in [0.05, 0.1) is 17.1 Å². The van der Waals surface area contributed by atoms with Crippen molar-refractivity contribution in [1.29, 1.82) is 0 Å². The number of benzene rings is 2. The van der Waals surface area contributed by atoms with E-state index in [1.54, 1.807) is 17.0 Å². The van der Waals surface area contributed by atoms with Crippen molar-refractivity contribution in [2.75, 3.05) is 0 Å². The number of aryl methyl sites for hydroxylation is 1. The highest BCUT2D eigenvalue weighted by Gasteiger charge is 2.20. The van der Waals surface area contributed by atoms with E-state index in [4.69, 9.17) is 16.0 Å². The van der Waals surface area contributed by atoms with Crippen molar-refractivity contribution < 1.29 is 9.21 Å². The van der Waals surface area contributed by atoms with Crippen LogP contribution in [-0.4, -0.2) is 10.8 Å². The maximum absolute atomic E-state index is 13.0. The maximum Gasteiger partial charge on any atom is 0.256 e. The average molecular weight is 340 g/mol. The lowest BCUT2D eigenvalue weighted by molar-refractivity contribution is 0.0717. The second-order valence-electron chi connectivity index (χ2n) is 5.64. The molecule has 0 aliphatic carbocycles. The van der Waals surface area contributed by atoms with Crippen LogP contribution in [0.25, 0.3) is 0 Å². The van der Waals surface area contributed by atoms with Crippen LogP contribution in [0.2, 0.25) is 5.02 Å². The molecule has 0 radical (unpaired) electrons. The first-order valence-electron chi connectivity index (χ1n) is 7.76. The number of halogens is 1. The molecular weight excluding hydrogens is 322 g/mol. The molecule has 1 aromatic heterocycles. The molecule has 0 aliphatic rings. The van der Waals surface area contributed by atoms with Gasteiger partial charge in [0, 0.05) is 6.54 Å².